The maximum Gasteiger partial charge on any atom is 0.335 e. The summed E-state index contributed by atoms with van der Waals surface area (Å²) in [4.78, 5) is 23.2. The maximum absolute atomic E-state index is 11.7. The average molecular weight is 225 g/mol. The van der Waals surface area contributed by atoms with Crippen LogP contribution in [0.4, 0.5) is 0 Å². The van der Waals surface area contributed by atoms with Crippen molar-refractivity contribution in [3.8, 4) is 0 Å². The summed E-state index contributed by atoms with van der Waals surface area (Å²) < 4.78 is 4.66. The molecule has 0 aromatic carbocycles. The van der Waals surface area contributed by atoms with Crippen LogP contribution in [-0.2, 0) is 14.3 Å². The lowest BCUT2D eigenvalue weighted by atomic mass is 9.82. The quantitative estimate of drug-likeness (QED) is 0.606. The summed E-state index contributed by atoms with van der Waals surface area (Å²) >= 11 is 0. The zero-order chi connectivity index (χ0) is 11.9. The molecule has 0 spiro atoms. The van der Waals surface area contributed by atoms with Crippen molar-refractivity contribution >= 4 is 11.9 Å². The summed E-state index contributed by atoms with van der Waals surface area (Å²) in [5, 5.41) is 12.3. The van der Waals surface area contributed by atoms with Crippen molar-refractivity contribution in [2.45, 2.75) is 19.4 Å². The third-order valence-corrected chi connectivity index (χ3v) is 3.60. The van der Waals surface area contributed by atoms with Gasteiger partial charge in [0.05, 0.1) is 24.7 Å². The average Bonchev–Trinajstić information content (AvgIpc) is 2.56. The standard InChI is InChI=1S/C11H15NO4/c1-5-8(13)3-6-7(11(15)16-2)4-12-10(14)9(5)6/h4-6,8-9,13H,3H2,1-2H3,(H,12,14). The molecule has 16 heavy (non-hydrogen) atoms. The van der Waals surface area contributed by atoms with Crippen molar-refractivity contribution < 1.29 is 19.4 Å². The summed E-state index contributed by atoms with van der Waals surface area (Å²) in [5.74, 6) is -1.23. The van der Waals surface area contributed by atoms with Crippen LogP contribution in [0.15, 0.2) is 11.8 Å². The van der Waals surface area contributed by atoms with Crippen LogP contribution < -0.4 is 5.32 Å². The van der Waals surface area contributed by atoms with Crippen LogP contribution in [0.2, 0.25) is 0 Å². The van der Waals surface area contributed by atoms with E-state index in [2.05, 4.69) is 10.1 Å². The molecule has 0 bridgehead atoms. The number of rotatable bonds is 1. The fraction of sp³-hybridized carbons (Fsp3) is 0.636. The number of aliphatic hydroxyl groups excluding tert-OH is 1. The minimum absolute atomic E-state index is 0.123. The van der Waals surface area contributed by atoms with Crippen LogP contribution in [-0.4, -0.2) is 30.2 Å². The largest absolute Gasteiger partial charge is 0.466 e. The summed E-state index contributed by atoms with van der Waals surface area (Å²) in [6.45, 7) is 1.83. The molecule has 2 aliphatic rings. The molecule has 0 aromatic rings. The van der Waals surface area contributed by atoms with Crippen LogP contribution in [0.1, 0.15) is 13.3 Å². The summed E-state index contributed by atoms with van der Waals surface area (Å²) in [5.41, 5.74) is 0.454. The number of amides is 1. The van der Waals surface area contributed by atoms with Gasteiger partial charge in [0.25, 0.3) is 0 Å². The van der Waals surface area contributed by atoms with Gasteiger partial charge in [-0.15, -0.1) is 0 Å². The fourth-order valence-corrected chi connectivity index (χ4v) is 2.65. The first-order chi connectivity index (χ1) is 7.56. The number of carbonyl (C=O) groups is 2. The van der Waals surface area contributed by atoms with Gasteiger partial charge in [-0.2, -0.15) is 0 Å². The highest BCUT2D eigenvalue weighted by atomic mass is 16.5. The highest BCUT2D eigenvalue weighted by molar-refractivity contribution is 5.94. The van der Waals surface area contributed by atoms with Gasteiger partial charge in [0.2, 0.25) is 5.91 Å². The lowest BCUT2D eigenvalue weighted by Crippen LogP contribution is -2.39. The van der Waals surface area contributed by atoms with Crippen LogP contribution in [0.3, 0.4) is 0 Å². The van der Waals surface area contributed by atoms with E-state index in [9.17, 15) is 14.7 Å². The topological polar surface area (TPSA) is 75.6 Å². The molecule has 0 aromatic heterocycles. The van der Waals surface area contributed by atoms with E-state index in [0.29, 0.717) is 12.0 Å². The van der Waals surface area contributed by atoms with Gasteiger partial charge >= 0.3 is 5.97 Å². The van der Waals surface area contributed by atoms with Crippen LogP contribution in [0.5, 0.6) is 0 Å². The van der Waals surface area contributed by atoms with Crippen LogP contribution in [0, 0.1) is 17.8 Å². The Labute approximate surface area is 93.5 Å². The van der Waals surface area contributed by atoms with Crippen molar-refractivity contribution in [2.75, 3.05) is 7.11 Å². The number of carbonyl (C=O) groups excluding carboxylic acids is 2. The number of nitrogens with one attached hydrogen (secondary N) is 1. The first-order valence-electron chi connectivity index (χ1n) is 5.33. The number of hydrogen-bond donors (Lipinski definition) is 2. The Morgan fingerprint density at radius 3 is 2.94 bits per heavy atom. The second-order valence-electron chi connectivity index (χ2n) is 4.39. The number of esters is 1. The molecule has 1 amide bonds. The van der Waals surface area contributed by atoms with Gasteiger partial charge in [0.1, 0.15) is 0 Å². The molecular weight excluding hydrogens is 210 g/mol. The van der Waals surface area contributed by atoms with Crippen molar-refractivity contribution in [3.05, 3.63) is 11.8 Å². The summed E-state index contributed by atoms with van der Waals surface area (Å²) in [6, 6.07) is 0. The van der Waals surface area contributed by atoms with E-state index >= 15 is 0 Å². The second-order valence-corrected chi connectivity index (χ2v) is 4.39. The van der Waals surface area contributed by atoms with Crippen LogP contribution >= 0.6 is 0 Å². The Balaban J connectivity index is 2.31. The van der Waals surface area contributed by atoms with Gasteiger partial charge in [-0.05, 0) is 12.3 Å². The lowest BCUT2D eigenvalue weighted by Gasteiger charge is -2.26. The molecule has 4 unspecified atom stereocenters. The Bertz CT molecular complexity index is 363. The predicted molar refractivity (Wildman–Crippen MR) is 55.0 cm³/mol. The van der Waals surface area contributed by atoms with Crippen molar-refractivity contribution in [1.29, 1.82) is 0 Å². The predicted octanol–water partition coefficient (Wildman–Crippen LogP) is -0.194. The number of ether oxygens (including phenoxy) is 1. The zero-order valence-electron chi connectivity index (χ0n) is 9.27. The zero-order valence-corrected chi connectivity index (χ0v) is 9.27. The van der Waals surface area contributed by atoms with Gasteiger partial charge in [-0.3, -0.25) is 4.79 Å². The maximum atomic E-state index is 11.7. The molecule has 2 N–H and O–H groups in total. The highest BCUT2D eigenvalue weighted by Crippen LogP contribution is 2.43. The fourth-order valence-electron chi connectivity index (χ4n) is 2.65. The summed E-state index contributed by atoms with van der Waals surface area (Å²) in [7, 11) is 1.31. The number of fused-ring (bicyclic) bond motifs is 1. The molecule has 0 radical (unpaired) electrons. The lowest BCUT2D eigenvalue weighted by molar-refractivity contribution is -0.137. The molecule has 1 saturated carbocycles. The summed E-state index contributed by atoms with van der Waals surface area (Å²) in [6.07, 6.45) is 1.31. The number of methoxy groups -OCH3 is 1. The van der Waals surface area contributed by atoms with E-state index in [0.717, 1.165) is 0 Å². The van der Waals surface area contributed by atoms with Crippen molar-refractivity contribution in [1.82, 2.24) is 5.32 Å². The molecule has 5 heteroatoms. The first-order valence-corrected chi connectivity index (χ1v) is 5.33. The van der Waals surface area contributed by atoms with E-state index in [1.807, 2.05) is 6.92 Å². The number of aliphatic hydroxyl groups is 1. The van der Waals surface area contributed by atoms with E-state index in [1.165, 1.54) is 13.3 Å². The van der Waals surface area contributed by atoms with Crippen molar-refractivity contribution in [3.63, 3.8) is 0 Å². The van der Waals surface area contributed by atoms with Crippen LogP contribution in [0.25, 0.3) is 0 Å². The van der Waals surface area contributed by atoms with E-state index in [1.54, 1.807) is 0 Å². The Kier molecular flexibility index (Phi) is 2.71. The minimum atomic E-state index is -0.535. The molecule has 1 fully saturated rings. The third-order valence-electron chi connectivity index (χ3n) is 3.60. The molecule has 1 aliphatic heterocycles. The first kappa shape index (κ1) is 11.1. The SMILES string of the molecule is COC(=O)C1=CNC(=O)C2C1CC(O)C2C. The van der Waals surface area contributed by atoms with E-state index in [4.69, 9.17) is 0 Å². The Morgan fingerprint density at radius 2 is 2.31 bits per heavy atom. The smallest absolute Gasteiger partial charge is 0.335 e. The molecule has 4 atom stereocenters. The van der Waals surface area contributed by atoms with Gasteiger partial charge in [-0.1, -0.05) is 6.92 Å². The Hall–Kier alpha value is -1.36. The number of hydrogen-bond acceptors (Lipinski definition) is 4. The van der Waals surface area contributed by atoms with Gasteiger partial charge in [0, 0.05) is 12.1 Å². The molecule has 1 heterocycles. The van der Waals surface area contributed by atoms with Gasteiger partial charge < -0.3 is 15.2 Å². The molecule has 5 nitrogen and oxygen atoms in total. The van der Waals surface area contributed by atoms with Gasteiger partial charge in [0.15, 0.2) is 0 Å². The molecule has 1 aliphatic carbocycles. The Morgan fingerprint density at radius 1 is 1.62 bits per heavy atom. The van der Waals surface area contributed by atoms with Crippen molar-refractivity contribution in [2.24, 2.45) is 17.8 Å². The minimum Gasteiger partial charge on any atom is -0.466 e. The van der Waals surface area contributed by atoms with Gasteiger partial charge in [-0.25, -0.2) is 4.79 Å². The molecule has 88 valence electrons. The highest BCUT2D eigenvalue weighted by Gasteiger charge is 2.48. The molecule has 2 rings (SSSR count). The molecular formula is C11H15NO4. The van der Waals surface area contributed by atoms with E-state index < -0.39 is 12.1 Å². The third kappa shape index (κ3) is 1.51. The monoisotopic (exact) mass is 225 g/mol. The molecule has 0 saturated heterocycles. The van der Waals surface area contributed by atoms with E-state index in [-0.39, 0.29) is 23.7 Å². The normalized spacial score (nSPS) is 37.4. The second kappa shape index (κ2) is 3.90.